The quantitative estimate of drug-likeness (QED) is 0.900. The minimum atomic E-state index is -0.620. The molecule has 0 aromatic heterocycles. The van der Waals surface area contributed by atoms with Crippen LogP contribution in [0.5, 0.6) is 0 Å². The van der Waals surface area contributed by atoms with Crippen molar-refractivity contribution in [2.24, 2.45) is 0 Å². The number of nitrogens with one attached hydrogen (secondary N) is 1. The Kier molecular flexibility index (Phi) is 5.93. The monoisotopic (exact) mass is 348 g/mol. The van der Waals surface area contributed by atoms with E-state index >= 15 is 0 Å². The maximum Gasteiger partial charge on any atom is 0.254 e. The normalized spacial score (nSPS) is 11.7. The number of likely N-dealkylation sites (N-methyl/N-ethyl adjacent to an activating group) is 1. The molecule has 0 spiro atoms. The molecule has 24 heavy (non-hydrogen) atoms. The zero-order valence-electron chi connectivity index (χ0n) is 13.4. The number of nitrogens with zero attached hydrogens (tertiary/aromatic N) is 1. The fraction of sp³-hybridized carbons (Fsp3) is 0.222. The smallest absolute Gasteiger partial charge is 0.254 e. The largest absolute Gasteiger partial charge is 0.343 e. The van der Waals surface area contributed by atoms with Gasteiger partial charge in [-0.1, -0.05) is 35.9 Å². The highest BCUT2D eigenvalue weighted by Crippen LogP contribution is 2.20. The number of benzene rings is 2. The van der Waals surface area contributed by atoms with E-state index in [1.807, 2.05) is 19.1 Å². The highest BCUT2D eigenvalue weighted by atomic mass is 35.5. The van der Waals surface area contributed by atoms with Crippen molar-refractivity contribution in [2.75, 3.05) is 13.6 Å². The van der Waals surface area contributed by atoms with Gasteiger partial charge in [0.15, 0.2) is 0 Å². The number of halogens is 2. The summed E-state index contributed by atoms with van der Waals surface area (Å²) in [7, 11) is 1.65. The van der Waals surface area contributed by atoms with Crippen LogP contribution in [0.3, 0.4) is 0 Å². The Morgan fingerprint density at radius 1 is 1.17 bits per heavy atom. The molecule has 0 radical (unpaired) electrons. The van der Waals surface area contributed by atoms with Crippen LogP contribution in [0.25, 0.3) is 0 Å². The maximum absolute atomic E-state index is 13.5. The minimum absolute atomic E-state index is 0.0845. The first-order valence-corrected chi connectivity index (χ1v) is 7.82. The SMILES string of the molecule is CC(c1ccc(Cl)cc1)N(C)C(=O)CNC(=O)c1ccccc1F. The lowest BCUT2D eigenvalue weighted by atomic mass is 10.1. The molecule has 2 aromatic rings. The molecule has 2 aromatic carbocycles. The van der Waals surface area contributed by atoms with Crippen molar-refractivity contribution in [3.8, 4) is 0 Å². The van der Waals surface area contributed by atoms with Gasteiger partial charge in [-0.25, -0.2) is 4.39 Å². The van der Waals surface area contributed by atoms with Crippen LogP contribution >= 0.6 is 11.6 Å². The second-order valence-corrected chi connectivity index (χ2v) is 5.83. The van der Waals surface area contributed by atoms with Crippen molar-refractivity contribution in [2.45, 2.75) is 13.0 Å². The van der Waals surface area contributed by atoms with Gasteiger partial charge in [-0.3, -0.25) is 9.59 Å². The molecule has 2 amide bonds. The zero-order chi connectivity index (χ0) is 17.7. The topological polar surface area (TPSA) is 49.4 Å². The highest BCUT2D eigenvalue weighted by molar-refractivity contribution is 6.30. The fourth-order valence-corrected chi connectivity index (χ4v) is 2.33. The first-order chi connectivity index (χ1) is 11.4. The molecule has 126 valence electrons. The number of amides is 2. The Morgan fingerprint density at radius 2 is 1.79 bits per heavy atom. The Hall–Kier alpha value is -2.40. The average molecular weight is 349 g/mol. The number of rotatable bonds is 5. The third-order valence-corrected chi connectivity index (χ3v) is 4.10. The summed E-state index contributed by atoms with van der Waals surface area (Å²) in [5, 5.41) is 3.07. The molecule has 0 heterocycles. The van der Waals surface area contributed by atoms with Crippen LogP contribution < -0.4 is 5.32 Å². The van der Waals surface area contributed by atoms with Crippen molar-refractivity contribution in [1.82, 2.24) is 10.2 Å². The minimum Gasteiger partial charge on any atom is -0.343 e. The molecule has 1 unspecified atom stereocenters. The van der Waals surface area contributed by atoms with Gasteiger partial charge in [-0.2, -0.15) is 0 Å². The van der Waals surface area contributed by atoms with Gasteiger partial charge < -0.3 is 10.2 Å². The van der Waals surface area contributed by atoms with Crippen LogP contribution in [0, 0.1) is 5.82 Å². The molecule has 1 atom stereocenters. The van der Waals surface area contributed by atoms with E-state index in [2.05, 4.69) is 5.32 Å². The highest BCUT2D eigenvalue weighted by Gasteiger charge is 2.19. The van der Waals surface area contributed by atoms with E-state index in [1.165, 1.54) is 23.1 Å². The summed E-state index contributed by atoms with van der Waals surface area (Å²) in [4.78, 5) is 25.7. The van der Waals surface area contributed by atoms with Crippen molar-refractivity contribution in [1.29, 1.82) is 0 Å². The molecule has 1 N–H and O–H groups in total. The van der Waals surface area contributed by atoms with Crippen LogP contribution in [-0.2, 0) is 4.79 Å². The Bertz CT molecular complexity index is 734. The van der Waals surface area contributed by atoms with E-state index in [9.17, 15) is 14.0 Å². The Morgan fingerprint density at radius 3 is 2.42 bits per heavy atom. The van der Waals surface area contributed by atoms with Gasteiger partial charge >= 0.3 is 0 Å². The van der Waals surface area contributed by atoms with E-state index in [1.54, 1.807) is 25.2 Å². The molecular weight excluding hydrogens is 331 g/mol. The Labute approximate surface area is 145 Å². The van der Waals surface area contributed by atoms with Crippen molar-refractivity contribution < 1.29 is 14.0 Å². The maximum atomic E-state index is 13.5. The van der Waals surface area contributed by atoms with Gasteiger partial charge in [-0.15, -0.1) is 0 Å². The predicted octanol–water partition coefficient (Wildman–Crippen LogP) is 3.43. The van der Waals surface area contributed by atoms with Crippen LogP contribution in [0.2, 0.25) is 5.02 Å². The number of carbonyl (C=O) groups excluding carboxylic acids is 2. The fourth-order valence-electron chi connectivity index (χ4n) is 2.20. The zero-order valence-corrected chi connectivity index (χ0v) is 14.2. The lowest BCUT2D eigenvalue weighted by Crippen LogP contribution is -2.39. The van der Waals surface area contributed by atoms with Crippen LogP contribution in [0.15, 0.2) is 48.5 Å². The summed E-state index contributed by atoms with van der Waals surface area (Å²) in [6.07, 6.45) is 0. The summed E-state index contributed by atoms with van der Waals surface area (Å²) < 4.78 is 13.5. The third-order valence-electron chi connectivity index (χ3n) is 3.85. The molecule has 2 rings (SSSR count). The van der Waals surface area contributed by atoms with Crippen molar-refractivity contribution in [3.05, 3.63) is 70.5 Å². The van der Waals surface area contributed by atoms with E-state index in [4.69, 9.17) is 11.6 Å². The molecule has 0 aliphatic heterocycles. The van der Waals surface area contributed by atoms with E-state index in [-0.39, 0.29) is 24.1 Å². The van der Waals surface area contributed by atoms with Gasteiger partial charge in [-0.05, 0) is 36.8 Å². The summed E-state index contributed by atoms with van der Waals surface area (Å²) in [5.74, 6) is -1.51. The van der Waals surface area contributed by atoms with E-state index < -0.39 is 11.7 Å². The number of carbonyl (C=O) groups is 2. The second kappa shape index (κ2) is 7.93. The van der Waals surface area contributed by atoms with Gasteiger partial charge in [0.1, 0.15) is 5.82 Å². The first kappa shape index (κ1) is 17.9. The van der Waals surface area contributed by atoms with Gasteiger partial charge in [0.25, 0.3) is 5.91 Å². The van der Waals surface area contributed by atoms with Gasteiger partial charge in [0, 0.05) is 12.1 Å². The second-order valence-electron chi connectivity index (χ2n) is 5.39. The summed E-state index contributed by atoms with van der Waals surface area (Å²) >= 11 is 5.86. The van der Waals surface area contributed by atoms with Crippen LogP contribution in [0.4, 0.5) is 4.39 Å². The molecular formula is C18H18ClFN2O2. The molecule has 6 heteroatoms. The van der Waals surface area contributed by atoms with Crippen LogP contribution in [0.1, 0.15) is 28.9 Å². The molecule has 0 fully saturated rings. The molecule has 0 aliphatic rings. The first-order valence-electron chi connectivity index (χ1n) is 7.44. The molecule has 0 aliphatic carbocycles. The Balaban J connectivity index is 1.95. The molecule has 0 saturated carbocycles. The van der Waals surface area contributed by atoms with Crippen molar-refractivity contribution >= 4 is 23.4 Å². The molecule has 4 nitrogen and oxygen atoms in total. The third kappa shape index (κ3) is 4.32. The molecule has 0 bridgehead atoms. The lowest BCUT2D eigenvalue weighted by molar-refractivity contribution is -0.130. The van der Waals surface area contributed by atoms with Crippen LogP contribution in [-0.4, -0.2) is 30.3 Å². The lowest BCUT2D eigenvalue weighted by Gasteiger charge is -2.25. The summed E-state index contributed by atoms with van der Waals surface area (Å²) in [6, 6.07) is 12.6. The average Bonchev–Trinajstić information content (AvgIpc) is 2.59. The molecule has 0 saturated heterocycles. The van der Waals surface area contributed by atoms with Gasteiger partial charge in [0.05, 0.1) is 18.2 Å². The number of hydrogen-bond donors (Lipinski definition) is 1. The standard InChI is InChI=1S/C18H18ClFN2O2/c1-12(13-7-9-14(19)10-8-13)22(2)17(23)11-21-18(24)15-5-3-4-6-16(15)20/h3-10,12H,11H2,1-2H3,(H,21,24). The number of hydrogen-bond acceptors (Lipinski definition) is 2. The van der Waals surface area contributed by atoms with E-state index in [0.717, 1.165) is 5.56 Å². The van der Waals surface area contributed by atoms with Gasteiger partial charge in [0.2, 0.25) is 5.91 Å². The van der Waals surface area contributed by atoms with E-state index in [0.29, 0.717) is 5.02 Å². The summed E-state index contributed by atoms with van der Waals surface area (Å²) in [5.41, 5.74) is 0.842. The van der Waals surface area contributed by atoms with Crippen molar-refractivity contribution in [3.63, 3.8) is 0 Å². The summed E-state index contributed by atoms with van der Waals surface area (Å²) in [6.45, 7) is 1.67. The predicted molar refractivity (Wildman–Crippen MR) is 91.4 cm³/mol.